The Morgan fingerprint density at radius 3 is 2.56 bits per heavy atom. The van der Waals surface area contributed by atoms with Crippen molar-refractivity contribution in [2.24, 2.45) is 5.73 Å². The quantitative estimate of drug-likeness (QED) is 0.816. The number of hydrogen-bond donors (Lipinski definition) is 2. The van der Waals surface area contributed by atoms with Crippen LogP contribution in [0.25, 0.3) is 0 Å². The van der Waals surface area contributed by atoms with Gasteiger partial charge in [-0.3, -0.25) is 4.79 Å². The third-order valence-corrected chi connectivity index (χ3v) is 2.97. The van der Waals surface area contributed by atoms with E-state index < -0.39 is 17.3 Å². The van der Waals surface area contributed by atoms with Crippen LogP contribution in [0.3, 0.4) is 0 Å². The van der Waals surface area contributed by atoms with E-state index in [-0.39, 0.29) is 16.3 Å². The van der Waals surface area contributed by atoms with Gasteiger partial charge in [0.2, 0.25) is 0 Å². The predicted molar refractivity (Wildman–Crippen MR) is 71.3 cm³/mol. The standard InChI is InChI=1S/C12H15FN2O2S/c1-12(2,11(14)18)15-10(16)7-4-5-9(17-3)8(13)6-7/h4-6H,1-3H3,(H2,14,18)(H,15,16). The molecule has 4 nitrogen and oxygen atoms in total. The lowest BCUT2D eigenvalue weighted by Crippen LogP contribution is -2.52. The Hall–Kier alpha value is -1.69. The largest absolute Gasteiger partial charge is 0.494 e. The van der Waals surface area contributed by atoms with Gasteiger partial charge in [-0.1, -0.05) is 12.2 Å². The van der Waals surface area contributed by atoms with Gasteiger partial charge in [-0.2, -0.15) is 0 Å². The molecule has 0 heterocycles. The minimum Gasteiger partial charge on any atom is -0.494 e. The van der Waals surface area contributed by atoms with Crippen molar-refractivity contribution in [3.63, 3.8) is 0 Å². The Bertz CT molecular complexity index is 489. The summed E-state index contributed by atoms with van der Waals surface area (Å²) in [5.74, 6) is -0.965. The monoisotopic (exact) mass is 270 g/mol. The van der Waals surface area contributed by atoms with Crippen molar-refractivity contribution in [2.75, 3.05) is 7.11 Å². The number of thiocarbonyl (C=S) groups is 1. The Morgan fingerprint density at radius 1 is 1.50 bits per heavy atom. The van der Waals surface area contributed by atoms with Crippen molar-refractivity contribution in [1.82, 2.24) is 5.32 Å². The molecule has 0 aliphatic carbocycles. The summed E-state index contributed by atoms with van der Waals surface area (Å²) in [5, 5.41) is 2.62. The van der Waals surface area contributed by atoms with Crippen molar-refractivity contribution >= 4 is 23.1 Å². The number of nitrogens with two attached hydrogens (primary N) is 1. The molecule has 0 aromatic heterocycles. The predicted octanol–water partition coefficient (Wildman–Crippen LogP) is 1.63. The molecule has 1 amide bonds. The molecular formula is C12H15FN2O2S. The summed E-state index contributed by atoms with van der Waals surface area (Å²) in [6.45, 7) is 3.35. The van der Waals surface area contributed by atoms with Gasteiger partial charge in [0.25, 0.3) is 5.91 Å². The van der Waals surface area contributed by atoms with Crippen LogP contribution in [0, 0.1) is 5.82 Å². The molecular weight excluding hydrogens is 255 g/mol. The van der Waals surface area contributed by atoms with Crippen LogP contribution in [-0.2, 0) is 0 Å². The van der Waals surface area contributed by atoms with Gasteiger partial charge in [0.05, 0.1) is 17.6 Å². The fraction of sp³-hybridized carbons (Fsp3) is 0.333. The second-order valence-corrected chi connectivity index (χ2v) is 4.73. The molecule has 0 saturated heterocycles. The molecule has 0 unspecified atom stereocenters. The van der Waals surface area contributed by atoms with Crippen molar-refractivity contribution in [2.45, 2.75) is 19.4 Å². The molecule has 18 heavy (non-hydrogen) atoms. The molecule has 1 aromatic carbocycles. The lowest BCUT2D eigenvalue weighted by Gasteiger charge is -2.24. The molecule has 0 saturated carbocycles. The number of halogens is 1. The van der Waals surface area contributed by atoms with Crippen LogP contribution in [0.1, 0.15) is 24.2 Å². The molecule has 0 bridgehead atoms. The van der Waals surface area contributed by atoms with Gasteiger partial charge in [-0.15, -0.1) is 0 Å². The number of carbonyl (C=O) groups is 1. The Labute approximate surface area is 110 Å². The first-order chi connectivity index (χ1) is 8.27. The van der Waals surface area contributed by atoms with Gasteiger partial charge in [0, 0.05) is 5.56 Å². The zero-order valence-corrected chi connectivity index (χ0v) is 11.2. The maximum absolute atomic E-state index is 13.4. The summed E-state index contributed by atoms with van der Waals surface area (Å²) in [5.41, 5.74) is 4.84. The van der Waals surface area contributed by atoms with E-state index in [1.807, 2.05) is 0 Å². The van der Waals surface area contributed by atoms with E-state index in [9.17, 15) is 9.18 Å². The first-order valence-electron chi connectivity index (χ1n) is 5.24. The summed E-state index contributed by atoms with van der Waals surface area (Å²) in [4.78, 5) is 12.0. The lowest BCUT2D eigenvalue weighted by molar-refractivity contribution is 0.0931. The minimum absolute atomic E-state index is 0.0835. The molecule has 0 fully saturated rings. The van der Waals surface area contributed by atoms with E-state index in [0.29, 0.717) is 0 Å². The summed E-state index contributed by atoms with van der Waals surface area (Å²) < 4.78 is 18.2. The number of methoxy groups -OCH3 is 1. The highest BCUT2D eigenvalue weighted by Crippen LogP contribution is 2.18. The van der Waals surface area contributed by atoms with Crippen LogP contribution in [0.4, 0.5) is 4.39 Å². The number of rotatable bonds is 4. The van der Waals surface area contributed by atoms with Crippen molar-refractivity contribution in [3.8, 4) is 5.75 Å². The van der Waals surface area contributed by atoms with Crippen LogP contribution in [-0.4, -0.2) is 23.5 Å². The van der Waals surface area contributed by atoms with Crippen LogP contribution >= 0.6 is 12.2 Å². The molecule has 0 spiro atoms. The van der Waals surface area contributed by atoms with E-state index in [0.717, 1.165) is 6.07 Å². The van der Waals surface area contributed by atoms with Crippen molar-refractivity contribution in [1.29, 1.82) is 0 Å². The third-order valence-electron chi connectivity index (χ3n) is 2.46. The van der Waals surface area contributed by atoms with E-state index >= 15 is 0 Å². The van der Waals surface area contributed by atoms with E-state index in [1.165, 1.54) is 19.2 Å². The lowest BCUT2D eigenvalue weighted by atomic mass is 10.0. The number of amides is 1. The summed E-state index contributed by atoms with van der Waals surface area (Å²) in [7, 11) is 1.36. The number of benzene rings is 1. The van der Waals surface area contributed by atoms with Crippen LogP contribution in [0.2, 0.25) is 0 Å². The zero-order valence-electron chi connectivity index (χ0n) is 10.4. The minimum atomic E-state index is -0.831. The molecule has 0 aliphatic rings. The van der Waals surface area contributed by atoms with Gasteiger partial charge in [-0.25, -0.2) is 4.39 Å². The van der Waals surface area contributed by atoms with Crippen molar-refractivity contribution < 1.29 is 13.9 Å². The van der Waals surface area contributed by atoms with E-state index in [2.05, 4.69) is 5.32 Å². The smallest absolute Gasteiger partial charge is 0.252 e. The molecule has 1 rings (SSSR count). The maximum Gasteiger partial charge on any atom is 0.252 e. The topological polar surface area (TPSA) is 64.3 Å². The van der Waals surface area contributed by atoms with E-state index in [4.69, 9.17) is 22.7 Å². The molecule has 3 N–H and O–H groups in total. The molecule has 0 radical (unpaired) electrons. The van der Waals surface area contributed by atoms with Crippen molar-refractivity contribution in [3.05, 3.63) is 29.6 Å². The van der Waals surface area contributed by atoms with Gasteiger partial charge < -0.3 is 15.8 Å². The molecule has 0 aliphatic heterocycles. The number of nitrogens with one attached hydrogen (secondary N) is 1. The Morgan fingerprint density at radius 2 is 2.11 bits per heavy atom. The van der Waals surface area contributed by atoms with Crippen LogP contribution in [0.5, 0.6) is 5.75 Å². The van der Waals surface area contributed by atoms with E-state index in [1.54, 1.807) is 13.8 Å². The SMILES string of the molecule is COc1ccc(C(=O)NC(C)(C)C(N)=S)cc1F. The summed E-state index contributed by atoms with van der Waals surface area (Å²) in [6, 6.07) is 3.95. The number of carbonyl (C=O) groups excluding carboxylic acids is 1. The highest BCUT2D eigenvalue weighted by molar-refractivity contribution is 7.80. The fourth-order valence-corrected chi connectivity index (χ4v) is 1.28. The van der Waals surface area contributed by atoms with Crippen LogP contribution < -0.4 is 15.8 Å². The molecule has 0 atom stereocenters. The summed E-state index contributed by atoms with van der Waals surface area (Å²) >= 11 is 4.83. The first kappa shape index (κ1) is 14.4. The molecule has 1 aromatic rings. The number of ether oxygens (including phenoxy) is 1. The summed E-state index contributed by atoms with van der Waals surface area (Å²) in [6.07, 6.45) is 0. The fourth-order valence-electron chi connectivity index (χ4n) is 1.23. The maximum atomic E-state index is 13.4. The molecule has 98 valence electrons. The van der Waals surface area contributed by atoms with Gasteiger partial charge in [0.15, 0.2) is 11.6 Å². The first-order valence-corrected chi connectivity index (χ1v) is 5.64. The van der Waals surface area contributed by atoms with Crippen LogP contribution in [0.15, 0.2) is 18.2 Å². The Balaban J connectivity index is 2.92. The second kappa shape index (κ2) is 5.30. The van der Waals surface area contributed by atoms with Gasteiger partial charge in [0.1, 0.15) is 0 Å². The number of hydrogen-bond acceptors (Lipinski definition) is 3. The normalized spacial score (nSPS) is 10.9. The third kappa shape index (κ3) is 3.16. The average Bonchev–Trinajstić information content (AvgIpc) is 2.28. The van der Waals surface area contributed by atoms with Gasteiger partial charge in [-0.05, 0) is 32.0 Å². The Kier molecular flexibility index (Phi) is 4.24. The van der Waals surface area contributed by atoms with Gasteiger partial charge >= 0.3 is 0 Å². The highest BCUT2D eigenvalue weighted by atomic mass is 32.1. The highest BCUT2D eigenvalue weighted by Gasteiger charge is 2.24. The zero-order chi connectivity index (χ0) is 13.9. The molecule has 6 heteroatoms. The second-order valence-electron chi connectivity index (χ2n) is 4.29. The average molecular weight is 270 g/mol.